The summed E-state index contributed by atoms with van der Waals surface area (Å²) in [5, 5.41) is 13.4. The minimum Gasteiger partial charge on any atom is -0.311 e. The van der Waals surface area contributed by atoms with Crippen LogP contribution in [0.25, 0.3) is 0 Å². The average molecular weight is 253 g/mol. The van der Waals surface area contributed by atoms with E-state index in [1.54, 1.807) is 0 Å². The van der Waals surface area contributed by atoms with E-state index in [2.05, 4.69) is 22.4 Å². The van der Waals surface area contributed by atoms with Crippen LogP contribution in [0.4, 0.5) is 0 Å². The van der Waals surface area contributed by atoms with E-state index in [1.165, 1.54) is 31.2 Å². The molecule has 3 nitrogen and oxygen atoms in total. The van der Waals surface area contributed by atoms with E-state index >= 15 is 0 Å². The van der Waals surface area contributed by atoms with Crippen molar-refractivity contribution in [1.82, 2.24) is 10.3 Å². The highest BCUT2D eigenvalue weighted by Gasteiger charge is 2.45. The summed E-state index contributed by atoms with van der Waals surface area (Å²) in [6, 6.07) is 5.96. The Labute approximate surface area is 114 Å². The molecule has 0 amide bonds. The van der Waals surface area contributed by atoms with Crippen molar-refractivity contribution < 1.29 is 0 Å². The number of fused-ring (bicyclic) bond motifs is 2. The van der Waals surface area contributed by atoms with Crippen LogP contribution in [-0.2, 0) is 5.41 Å². The Hall–Kier alpha value is -1.40. The number of hydrogen-bond donors (Lipinski definition) is 1. The van der Waals surface area contributed by atoms with E-state index in [1.807, 2.05) is 12.4 Å². The number of rotatable bonds is 2. The highest BCUT2D eigenvalue weighted by molar-refractivity contribution is 5.37. The Balaban J connectivity index is 1.72. The first kappa shape index (κ1) is 11.4. The van der Waals surface area contributed by atoms with Gasteiger partial charge in [-0.05, 0) is 55.6 Å². The van der Waals surface area contributed by atoms with Crippen LogP contribution in [0, 0.1) is 11.3 Å². The molecule has 2 bridgehead atoms. The SMILES string of the molecule is N#C[C@@]1(c2cncc(C3CC3)c2)C[C@H]2CC[C@@H](C1)N2. The summed E-state index contributed by atoms with van der Waals surface area (Å²) in [7, 11) is 0. The summed E-state index contributed by atoms with van der Waals surface area (Å²) in [5.74, 6) is 0.710. The lowest BCUT2D eigenvalue weighted by Crippen LogP contribution is -2.46. The number of pyridine rings is 1. The zero-order valence-corrected chi connectivity index (χ0v) is 11.1. The third-order valence-electron chi connectivity index (χ3n) is 5.10. The number of hydrogen-bond acceptors (Lipinski definition) is 3. The maximum Gasteiger partial charge on any atom is 0.0866 e. The second kappa shape index (κ2) is 4.05. The number of aromatic nitrogens is 1. The van der Waals surface area contributed by atoms with Crippen LogP contribution in [0.15, 0.2) is 18.5 Å². The lowest BCUT2D eigenvalue weighted by Gasteiger charge is -2.36. The Kier molecular flexibility index (Phi) is 2.43. The molecule has 19 heavy (non-hydrogen) atoms. The average Bonchev–Trinajstić information content (AvgIpc) is 3.25. The molecule has 1 N–H and O–H groups in total. The van der Waals surface area contributed by atoms with E-state index < -0.39 is 0 Å². The lowest BCUT2D eigenvalue weighted by atomic mass is 9.72. The van der Waals surface area contributed by atoms with Gasteiger partial charge in [0.1, 0.15) is 0 Å². The van der Waals surface area contributed by atoms with Gasteiger partial charge in [0.05, 0.1) is 11.5 Å². The van der Waals surface area contributed by atoms with Crippen LogP contribution in [0.1, 0.15) is 55.6 Å². The van der Waals surface area contributed by atoms with Gasteiger partial charge in [-0.3, -0.25) is 4.98 Å². The van der Waals surface area contributed by atoms with Gasteiger partial charge < -0.3 is 5.32 Å². The summed E-state index contributed by atoms with van der Waals surface area (Å²) >= 11 is 0. The highest BCUT2D eigenvalue weighted by atomic mass is 15.0. The van der Waals surface area contributed by atoms with Crippen molar-refractivity contribution in [1.29, 1.82) is 5.26 Å². The topological polar surface area (TPSA) is 48.7 Å². The third-order valence-corrected chi connectivity index (χ3v) is 5.10. The molecule has 2 aliphatic heterocycles. The van der Waals surface area contributed by atoms with Gasteiger partial charge in [0.15, 0.2) is 0 Å². The summed E-state index contributed by atoms with van der Waals surface area (Å²) in [6.45, 7) is 0. The van der Waals surface area contributed by atoms with Crippen molar-refractivity contribution in [3.05, 3.63) is 29.6 Å². The standard InChI is InChI=1S/C16H19N3/c17-10-16(6-14-3-4-15(7-16)19-14)13-5-12(8-18-9-13)11-1-2-11/h5,8-9,11,14-15,19H,1-4,6-7H2/t14-,15+,16-. The van der Waals surface area contributed by atoms with Crippen LogP contribution < -0.4 is 5.32 Å². The fourth-order valence-electron chi connectivity index (χ4n) is 3.90. The van der Waals surface area contributed by atoms with Crippen LogP contribution in [-0.4, -0.2) is 17.1 Å². The molecule has 3 heteroatoms. The molecule has 98 valence electrons. The van der Waals surface area contributed by atoms with Gasteiger partial charge in [0, 0.05) is 24.5 Å². The van der Waals surface area contributed by atoms with E-state index in [4.69, 9.17) is 0 Å². The largest absolute Gasteiger partial charge is 0.311 e. The molecular formula is C16H19N3. The molecule has 0 spiro atoms. The van der Waals surface area contributed by atoms with Crippen molar-refractivity contribution in [2.75, 3.05) is 0 Å². The summed E-state index contributed by atoms with van der Waals surface area (Å²) in [6.07, 6.45) is 10.9. The van der Waals surface area contributed by atoms with Gasteiger partial charge >= 0.3 is 0 Å². The Morgan fingerprint density at radius 2 is 1.89 bits per heavy atom. The maximum absolute atomic E-state index is 9.80. The maximum atomic E-state index is 9.80. The molecule has 2 saturated heterocycles. The number of nitrogens with one attached hydrogen (secondary N) is 1. The fraction of sp³-hybridized carbons (Fsp3) is 0.625. The van der Waals surface area contributed by atoms with Crippen molar-refractivity contribution in [2.24, 2.45) is 0 Å². The highest BCUT2D eigenvalue weighted by Crippen LogP contribution is 2.45. The predicted molar refractivity (Wildman–Crippen MR) is 72.7 cm³/mol. The smallest absolute Gasteiger partial charge is 0.0866 e. The van der Waals surface area contributed by atoms with Crippen molar-refractivity contribution in [3.8, 4) is 6.07 Å². The van der Waals surface area contributed by atoms with Crippen LogP contribution >= 0.6 is 0 Å². The van der Waals surface area contributed by atoms with Crippen LogP contribution in [0.2, 0.25) is 0 Å². The van der Waals surface area contributed by atoms with Gasteiger partial charge in [-0.15, -0.1) is 0 Å². The molecule has 3 fully saturated rings. The summed E-state index contributed by atoms with van der Waals surface area (Å²) < 4.78 is 0. The molecule has 1 aromatic rings. The predicted octanol–water partition coefficient (Wildman–Crippen LogP) is 2.63. The molecule has 4 rings (SSSR count). The molecule has 0 radical (unpaired) electrons. The van der Waals surface area contributed by atoms with Gasteiger partial charge in [-0.2, -0.15) is 5.26 Å². The first-order valence-corrected chi connectivity index (χ1v) is 7.42. The van der Waals surface area contributed by atoms with E-state index in [9.17, 15) is 5.26 Å². The third kappa shape index (κ3) is 1.86. The Morgan fingerprint density at radius 1 is 1.16 bits per heavy atom. The molecule has 0 aromatic carbocycles. The van der Waals surface area contributed by atoms with Gasteiger partial charge in [-0.1, -0.05) is 6.07 Å². The van der Waals surface area contributed by atoms with Gasteiger partial charge in [0.2, 0.25) is 0 Å². The lowest BCUT2D eigenvalue weighted by molar-refractivity contribution is 0.304. The molecule has 3 atom stereocenters. The number of piperidine rings is 1. The molecule has 0 unspecified atom stereocenters. The first-order chi connectivity index (χ1) is 9.29. The van der Waals surface area contributed by atoms with Crippen molar-refractivity contribution in [3.63, 3.8) is 0 Å². The van der Waals surface area contributed by atoms with E-state index in [0.29, 0.717) is 18.0 Å². The summed E-state index contributed by atoms with van der Waals surface area (Å²) in [4.78, 5) is 4.41. The van der Waals surface area contributed by atoms with E-state index in [0.717, 1.165) is 18.4 Å². The monoisotopic (exact) mass is 253 g/mol. The second-order valence-corrected chi connectivity index (χ2v) is 6.52. The minimum atomic E-state index is -0.297. The van der Waals surface area contributed by atoms with Crippen molar-refractivity contribution >= 4 is 0 Å². The minimum absolute atomic E-state index is 0.297. The summed E-state index contributed by atoms with van der Waals surface area (Å²) in [5.41, 5.74) is 2.21. The second-order valence-electron chi connectivity index (χ2n) is 6.52. The van der Waals surface area contributed by atoms with Crippen molar-refractivity contribution in [2.45, 2.75) is 61.9 Å². The van der Waals surface area contributed by atoms with Gasteiger partial charge in [0.25, 0.3) is 0 Å². The fourth-order valence-corrected chi connectivity index (χ4v) is 3.90. The molecular weight excluding hydrogens is 234 g/mol. The molecule has 3 aliphatic rings. The van der Waals surface area contributed by atoms with E-state index in [-0.39, 0.29) is 5.41 Å². The molecule has 3 heterocycles. The zero-order valence-electron chi connectivity index (χ0n) is 11.1. The Bertz CT molecular complexity index is 529. The first-order valence-electron chi connectivity index (χ1n) is 7.42. The quantitative estimate of drug-likeness (QED) is 0.881. The normalized spacial score (nSPS) is 37.0. The zero-order chi connectivity index (χ0) is 12.9. The molecule has 1 saturated carbocycles. The van der Waals surface area contributed by atoms with Crippen LogP contribution in [0.5, 0.6) is 0 Å². The number of nitrogens with zero attached hydrogens (tertiary/aromatic N) is 2. The van der Waals surface area contributed by atoms with Gasteiger partial charge in [-0.25, -0.2) is 0 Å². The molecule has 1 aliphatic carbocycles. The van der Waals surface area contributed by atoms with Crippen LogP contribution in [0.3, 0.4) is 0 Å². The number of nitriles is 1. The Morgan fingerprint density at radius 3 is 2.53 bits per heavy atom. The molecule has 1 aromatic heterocycles.